The summed E-state index contributed by atoms with van der Waals surface area (Å²) in [7, 11) is 0. The van der Waals surface area contributed by atoms with Gasteiger partial charge in [0.2, 0.25) is 5.91 Å². The molecule has 4 N–H and O–H groups in total. The molecule has 0 fully saturated rings. The first-order chi connectivity index (χ1) is 11.1. The Kier molecular flexibility index (Phi) is 3.91. The molecule has 0 aliphatic carbocycles. The van der Waals surface area contributed by atoms with Crippen LogP contribution in [0, 0.1) is 6.92 Å². The minimum absolute atomic E-state index is 0.294. The van der Waals surface area contributed by atoms with E-state index in [4.69, 9.17) is 11.5 Å². The Morgan fingerprint density at radius 2 is 1.91 bits per heavy atom. The summed E-state index contributed by atoms with van der Waals surface area (Å²) >= 11 is 0. The third kappa shape index (κ3) is 2.84. The average Bonchev–Trinajstić information content (AvgIpc) is 2.99. The molecule has 0 aliphatic rings. The summed E-state index contributed by atoms with van der Waals surface area (Å²) in [5.74, 6) is -0.461. The molecule has 0 saturated heterocycles. The summed E-state index contributed by atoms with van der Waals surface area (Å²) in [6.45, 7) is 2.32. The van der Waals surface area contributed by atoms with Crippen molar-refractivity contribution in [3.63, 3.8) is 0 Å². The standard InChI is InChI=1S/C17H17N5O/c1-11-3-2-4-13(9-11)16-15(10-18)20-21-22(16)14-7-5-12(6-8-14)17(19)23/h2-9H,10,18H2,1H3,(H2,19,23). The zero-order chi connectivity index (χ0) is 16.4. The van der Waals surface area contributed by atoms with E-state index >= 15 is 0 Å². The fourth-order valence-electron chi connectivity index (χ4n) is 2.48. The molecule has 6 nitrogen and oxygen atoms in total. The second-order valence-electron chi connectivity index (χ2n) is 5.28. The van der Waals surface area contributed by atoms with Gasteiger partial charge in [0.1, 0.15) is 5.69 Å². The lowest BCUT2D eigenvalue weighted by molar-refractivity contribution is 0.100. The predicted octanol–water partition coefficient (Wildman–Crippen LogP) is 1.80. The van der Waals surface area contributed by atoms with E-state index in [9.17, 15) is 4.79 Å². The highest BCUT2D eigenvalue weighted by molar-refractivity contribution is 5.92. The number of amides is 1. The maximum Gasteiger partial charge on any atom is 0.248 e. The molecule has 3 aromatic rings. The molecule has 0 bridgehead atoms. The molecule has 116 valence electrons. The molecule has 0 spiro atoms. The lowest BCUT2D eigenvalue weighted by Crippen LogP contribution is -2.11. The van der Waals surface area contributed by atoms with E-state index in [0.717, 1.165) is 28.2 Å². The van der Waals surface area contributed by atoms with Gasteiger partial charge in [-0.1, -0.05) is 29.0 Å². The number of carbonyl (C=O) groups excluding carboxylic acids is 1. The van der Waals surface area contributed by atoms with Gasteiger partial charge in [-0.25, -0.2) is 4.68 Å². The number of hydrogen-bond donors (Lipinski definition) is 2. The van der Waals surface area contributed by atoms with Crippen LogP contribution in [-0.2, 0) is 6.54 Å². The zero-order valence-electron chi connectivity index (χ0n) is 12.7. The van der Waals surface area contributed by atoms with Crippen molar-refractivity contribution in [2.45, 2.75) is 13.5 Å². The van der Waals surface area contributed by atoms with Gasteiger partial charge in [-0.05, 0) is 37.3 Å². The zero-order valence-corrected chi connectivity index (χ0v) is 12.7. The number of nitrogens with two attached hydrogens (primary N) is 2. The highest BCUT2D eigenvalue weighted by Gasteiger charge is 2.15. The Balaban J connectivity index is 2.13. The molecule has 3 rings (SSSR count). The second kappa shape index (κ2) is 6.02. The van der Waals surface area contributed by atoms with Gasteiger partial charge in [0, 0.05) is 17.7 Å². The van der Waals surface area contributed by atoms with Gasteiger partial charge in [0.05, 0.1) is 11.4 Å². The van der Waals surface area contributed by atoms with E-state index in [1.165, 1.54) is 0 Å². The number of hydrogen-bond acceptors (Lipinski definition) is 4. The number of aryl methyl sites for hydroxylation is 1. The molecule has 1 amide bonds. The maximum atomic E-state index is 11.2. The van der Waals surface area contributed by atoms with Crippen molar-refractivity contribution < 1.29 is 4.79 Å². The molecule has 1 heterocycles. The van der Waals surface area contributed by atoms with Crippen LogP contribution in [0.5, 0.6) is 0 Å². The van der Waals surface area contributed by atoms with Crippen molar-refractivity contribution in [1.29, 1.82) is 0 Å². The minimum atomic E-state index is -0.461. The predicted molar refractivity (Wildman–Crippen MR) is 87.9 cm³/mol. The van der Waals surface area contributed by atoms with Crippen molar-refractivity contribution in [3.8, 4) is 16.9 Å². The van der Waals surface area contributed by atoms with E-state index in [-0.39, 0.29) is 0 Å². The van der Waals surface area contributed by atoms with Gasteiger partial charge >= 0.3 is 0 Å². The van der Waals surface area contributed by atoms with Crippen molar-refractivity contribution in [2.75, 3.05) is 0 Å². The van der Waals surface area contributed by atoms with Crippen molar-refractivity contribution in [3.05, 3.63) is 65.4 Å². The number of aromatic nitrogens is 3. The third-order valence-corrected chi connectivity index (χ3v) is 3.62. The highest BCUT2D eigenvalue weighted by Crippen LogP contribution is 2.26. The second-order valence-corrected chi connectivity index (χ2v) is 5.28. The lowest BCUT2D eigenvalue weighted by atomic mass is 10.1. The summed E-state index contributed by atoms with van der Waals surface area (Å²) in [6, 6.07) is 15.0. The first kappa shape index (κ1) is 14.9. The maximum absolute atomic E-state index is 11.2. The Bertz CT molecular complexity index is 852. The first-order valence-electron chi connectivity index (χ1n) is 7.22. The summed E-state index contributed by atoms with van der Waals surface area (Å²) < 4.78 is 1.72. The Labute approximate surface area is 133 Å². The minimum Gasteiger partial charge on any atom is -0.366 e. The average molecular weight is 307 g/mol. The van der Waals surface area contributed by atoms with Gasteiger partial charge in [-0.15, -0.1) is 5.10 Å². The van der Waals surface area contributed by atoms with Gasteiger partial charge in [-0.3, -0.25) is 4.79 Å². The monoisotopic (exact) mass is 307 g/mol. The fourth-order valence-corrected chi connectivity index (χ4v) is 2.48. The van der Waals surface area contributed by atoms with Crippen LogP contribution in [0.25, 0.3) is 16.9 Å². The van der Waals surface area contributed by atoms with E-state index in [2.05, 4.69) is 16.4 Å². The molecule has 2 aromatic carbocycles. The molecule has 0 unspecified atom stereocenters. The van der Waals surface area contributed by atoms with Crippen LogP contribution in [-0.4, -0.2) is 20.9 Å². The SMILES string of the molecule is Cc1cccc(-c2c(CN)nnn2-c2ccc(C(N)=O)cc2)c1. The van der Waals surface area contributed by atoms with E-state index < -0.39 is 5.91 Å². The Hall–Kier alpha value is -2.99. The van der Waals surface area contributed by atoms with Crippen LogP contribution < -0.4 is 11.5 Å². The number of nitrogens with zero attached hydrogens (tertiary/aromatic N) is 3. The van der Waals surface area contributed by atoms with Gasteiger partial charge in [0.25, 0.3) is 0 Å². The van der Waals surface area contributed by atoms with E-state index in [1.54, 1.807) is 28.9 Å². The normalized spacial score (nSPS) is 10.7. The molecule has 6 heteroatoms. The van der Waals surface area contributed by atoms with Gasteiger partial charge in [0.15, 0.2) is 0 Å². The van der Waals surface area contributed by atoms with Crippen LogP contribution in [0.15, 0.2) is 48.5 Å². The lowest BCUT2D eigenvalue weighted by Gasteiger charge is -2.09. The number of carbonyl (C=O) groups is 1. The summed E-state index contributed by atoms with van der Waals surface area (Å²) in [6.07, 6.45) is 0. The smallest absolute Gasteiger partial charge is 0.248 e. The quantitative estimate of drug-likeness (QED) is 0.767. The molecule has 0 radical (unpaired) electrons. The molecular weight excluding hydrogens is 290 g/mol. The molecule has 0 atom stereocenters. The van der Waals surface area contributed by atoms with Crippen LogP contribution in [0.3, 0.4) is 0 Å². The van der Waals surface area contributed by atoms with Crippen LogP contribution in [0.4, 0.5) is 0 Å². The Morgan fingerprint density at radius 3 is 2.52 bits per heavy atom. The molecule has 1 aromatic heterocycles. The molecule has 23 heavy (non-hydrogen) atoms. The topological polar surface area (TPSA) is 99.8 Å². The summed E-state index contributed by atoms with van der Waals surface area (Å²) in [4.78, 5) is 11.2. The van der Waals surface area contributed by atoms with Gasteiger partial charge in [-0.2, -0.15) is 0 Å². The summed E-state index contributed by atoms with van der Waals surface area (Å²) in [5, 5.41) is 8.38. The third-order valence-electron chi connectivity index (χ3n) is 3.62. The van der Waals surface area contributed by atoms with Crippen molar-refractivity contribution in [1.82, 2.24) is 15.0 Å². The number of primary amides is 1. The fraction of sp³-hybridized carbons (Fsp3) is 0.118. The number of rotatable bonds is 4. The summed E-state index contributed by atoms with van der Waals surface area (Å²) in [5.41, 5.74) is 16.0. The van der Waals surface area contributed by atoms with Crippen molar-refractivity contribution >= 4 is 5.91 Å². The van der Waals surface area contributed by atoms with Crippen LogP contribution in [0.1, 0.15) is 21.6 Å². The van der Waals surface area contributed by atoms with Crippen LogP contribution in [0.2, 0.25) is 0 Å². The van der Waals surface area contributed by atoms with Crippen molar-refractivity contribution in [2.24, 2.45) is 11.5 Å². The Morgan fingerprint density at radius 1 is 1.17 bits per heavy atom. The van der Waals surface area contributed by atoms with E-state index in [1.807, 2.05) is 25.1 Å². The molecule has 0 aliphatic heterocycles. The van der Waals surface area contributed by atoms with E-state index in [0.29, 0.717) is 12.1 Å². The van der Waals surface area contributed by atoms with Gasteiger partial charge < -0.3 is 11.5 Å². The van der Waals surface area contributed by atoms with Crippen LogP contribution >= 0.6 is 0 Å². The largest absolute Gasteiger partial charge is 0.366 e. The molecular formula is C17H17N5O. The molecule has 0 saturated carbocycles. The highest BCUT2D eigenvalue weighted by atomic mass is 16.1. The first-order valence-corrected chi connectivity index (χ1v) is 7.22. The number of benzene rings is 2.